The number of hydrogen-bond acceptors (Lipinski definition) is 2. The number of ketones is 1. The van der Waals surface area contributed by atoms with E-state index in [0.29, 0.717) is 0 Å². The Labute approximate surface area is 73.3 Å². The van der Waals surface area contributed by atoms with Gasteiger partial charge in [0.1, 0.15) is 0 Å². The number of amides is 1. The second-order valence-corrected chi connectivity index (χ2v) is 3.00. The average molecular weight is 171 g/mol. The van der Waals surface area contributed by atoms with E-state index in [-0.39, 0.29) is 5.92 Å². The van der Waals surface area contributed by atoms with Gasteiger partial charge in [-0.05, 0) is 12.8 Å². The Hall–Kier alpha value is -0.860. The molecule has 0 rings (SSSR count). The first-order valence-electron chi connectivity index (χ1n) is 4.47. The van der Waals surface area contributed by atoms with Crippen molar-refractivity contribution in [1.29, 1.82) is 0 Å². The van der Waals surface area contributed by atoms with Gasteiger partial charge in [0.25, 0.3) is 5.91 Å². The van der Waals surface area contributed by atoms with E-state index in [9.17, 15) is 9.59 Å². The molecule has 0 radical (unpaired) electrons. The van der Waals surface area contributed by atoms with Gasteiger partial charge in [0.15, 0.2) is 0 Å². The zero-order valence-corrected chi connectivity index (χ0v) is 7.80. The van der Waals surface area contributed by atoms with Gasteiger partial charge in [-0.15, -0.1) is 0 Å². The van der Waals surface area contributed by atoms with E-state index in [4.69, 9.17) is 5.73 Å². The molecule has 0 bridgehead atoms. The van der Waals surface area contributed by atoms with Crippen LogP contribution in [-0.4, -0.2) is 11.7 Å². The molecule has 3 nitrogen and oxygen atoms in total. The summed E-state index contributed by atoms with van der Waals surface area (Å²) >= 11 is 0. The van der Waals surface area contributed by atoms with Crippen LogP contribution in [0.5, 0.6) is 0 Å². The number of hydrogen-bond donors (Lipinski definition) is 1. The molecule has 0 aliphatic rings. The second kappa shape index (κ2) is 5.75. The van der Waals surface area contributed by atoms with Crippen LogP contribution in [0.4, 0.5) is 0 Å². The van der Waals surface area contributed by atoms with Gasteiger partial charge in [-0.3, -0.25) is 9.59 Å². The van der Waals surface area contributed by atoms with E-state index in [2.05, 4.69) is 0 Å². The summed E-state index contributed by atoms with van der Waals surface area (Å²) in [7, 11) is 0. The third-order valence-electron chi connectivity index (χ3n) is 1.89. The highest BCUT2D eigenvalue weighted by Crippen LogP contribution is 2.14. The highest BCUT2D eigenvalue weighted by Gasteiger charge is 2.20. The largest absolute Gasteiger partial charge is 0.363 e. The monoisotopic (exact) mass is 171 g/mol. The van der Waals surface area contributed by atoms with Crippen LogP contribution < -0.4 is 5.73 Å². The van der Waals surface area contributed by atoms with Crippen LogP contribution in [-0.2, 0) is 9.59 Å². The summed E-state index contributed by atoms with van der Waals surface area (Å²) in [6.45, 7) is 3.99. The molecule has 0 aromatic heterocycles. The van der Waals surface area contributed by atoms with E-state index in [1.165, 1.54) is 0 Å². The molecule has 0 saturated carbocycles. The molecule has 0 fully saturated rings. The quantitative estimate of drug-likeness (QED) is 0.611. The van der Waals surface area contributed by atoms with Crippen molar-refractivity contribution >= 4 is 11.7 Å². The lowest BCUT2D eigenvalue weighted by molar-refractivity contribution is -0.138. The molecular weight excluding hydrogens is 154 g/mol. The Morgan fingerprint density at radius 1 is 1.17 bits per heavy atom. The molecule has 0 heterocycles. The lowest BCUT2D eigenvalue weighted by Crippen LogP contribution is -2.30. The topological polar surface area (TPSA) is 60.2 Å². The number of carbonyl (C=O) groups is 2. The van der Waals surface area contributed by atoms with E-state index >= 15 is 0 Å². The Balaban J connectivity index is 4.08. The number of nitrogens with two attached hydrogens (primary N) is 1. The molecule has 0 unspecified atom stereocenters. The Bertz CT molecular complexity index is 160. The maximum atomic E-state index is 11.1. The highest BCUT2D eigenvalue weighted by atomic mass is 16.2. The van der Waals surface area contributed by atoms with Gasteiger partial charge >= 0.3 is 0 Å². The molecule has 0 saturated heterocycles. The molecule has 1 amide bonds. The zero-order chi connectivity index (χ0) is 9.56. The summed E-state index contributed by atoms with van der Waals surface area (Å²) < 4.78 is 0. The van der Waals surface area contributed by atoms with Crippen LogP contribution in [0.25, 0.3) is 0 Å². The predicted molar refractivity (Wildman–Crippen MR) is 47.5 cm³/mol. The maximum absolute atomic E-state index is 11.1. The van der Waals surface area contributed by atoms with Crippen molar-refractivity contribution in [3.8, 4) is 0 Å². The Kier molecular flexibility index (Phi) is 5.34. The minimum absolute atomic E-state index is 0.141. The molecule has 0 aliphatic carbocycles. The SMILES string of the molecule is CCCC(CCC)C(=O)C(N)=O. The average Bonchev–Trinajstić information content (AvgIpc) is 2.03. The van der Waals surface area contributed by atoms with Gasteiger partial charge in [0.2, 0.25) is 5.78 Å². The molecule has 70 valence electrons. The van der Waals surface area contributed by atoms with E-state index in [1.807, 2.05) is 13.8 Å². The van der Waals surface area contributed by atoms with Crippen LogP contribution in [0.3, 0.4) is 0 Å². The van der Waals surface area contributed by atoms with Crippen molar-refractivity contribution in [2.75, 3.05) is 0 Å². The van der Waals surface area contributed by atoms with Crippen molar-refractivity contribution in [2.45, 2.75) is 39.5 Å². The normalized spacial score (nSPS) is 10.2. The van der Waals surface area contributed by atoms with Crippen LogP contribution in [0, 0.1) is 5.92 Å². The third kappa shape index (κ3) is 3.51. The summed E-state index contributed by atoms with van der Waals surface area (Å²) in [5.74, 6) is -1.34. The van der Waals surface area contributed by atoms with Gasteiger partial charge in [-0.25, -0.2) is 0 Å². The summed E-state index contributed by atoms with van der Waals surface area (Å²) in [5.41, 5.74) is 4.91. The fourth-order valence-electron chi connectivity index (χ4n) is 1.30. The predicted octanol–water partition coefficient (Wildman–Crippen LogP) is 1.26. The van der Waals surface area contributed by atoms with Crippen LogP contribution in [0.2, 0.25) is 0 Å². The molecule has 0 aliphatic heterocycles. The fraction of sp³-hybridized carbons (Fsp3) is 0.778. The standard InChI is InChI=1S/C9H17NO2/c1-3-5-7(6-4-2)8(11)9(10)12/h7H,3-6H2,1-2H3,(H2,10,12). The highest BCUT2D eigenvalue weighted by molar-refractivity contribution is 6.36. The molecule has 0 atom stereocenters. The number of primary amides is 1. The first-order valence-corrected chi connectivity index (χ1v) is 4.47. The Morgan fingerprint density at radius 2 is 1.58 bits per heavy atom. The number of Topliss-reactive ketones (excluding diaryl/α,β-unsaturated/α-hetero) is 1. The van der Waals surface area contributed by atoms with Gasteiger partial charge in [0, 0.05) is 5.92 Å². The summed E-state index contributed by atoms with van der Waals surface area (Å²) in [5, 5.41) is 0. The van der Waals surface area contributed by atoms with Crippen LogP contribution in [0.15, 0.2) is 0 Å². The smallest absolute Gasteiger partial charge is 0.285 e. The van der Waals surface area contributed by atoms with E-state index in [0.717, 1.165) is 25.7 Å². The van der Waals surface area contributed by atoms with Crippen molar-refractivity contribution in [3.05, 3.63) is 0 Å². The van der Waals surface area contributed by atoms with Crippen LogP contribution >= 0.6 is 0 Å². The molecule has 0 aromatic rings. The molecule has 12 heavy (non-hydrogen) atoms. The summed E-state index contributed by atoms with van der Waals surface area (Å²) in [4.78, 5) is 21.7. The Morgan fingerprint density at radius 3 is 1.83 bits per heavy atom. The number of carbonyl (C=O) groups excluding carboxylic acids is 2. The van der Waals surface area contributed by atoms with E-state index < -0.39 is 11.7 Å². The van der Waals surface area contributed by atoms with Gasteiger partial charge < -0.3 is 5.73 Å². The van der Waals surface area contributed by atoms with Gasteiger partial charge in [-0.1, -0.05) is 26.7 Å². The molecule has 2 N–H and O–H groups in total. The lowest BCUT2D eigenvalue weighted by Gasteiger charge is -2.10. The molecule has 3 heteroatoms. The first kappa shape index (κ1) is 11.1. The van der Waals surface area contributed by atoms with Crippen molar-refractivity contribution in [1.82, 2.24) is 0 Å². The minimum Gasteiger partial charge on any atom is -0.363 e. The fourth-order valence-corrected chi connectivity index (χ4v) is 1.30. The van der Waals surface area contributed by atoms with Gasteiger partial charge in [0.05, 0.1) is 0 Å². The first-order chi connectivity index (χ1) is 5.63. The second-order valence-electron chi connectivity index (χ2n) is 3.00. The number of rotatable bonds is 6. The lowest BCUT2D eigenvalue weighted by atomic mass is 9.93. The zero-order valence-electron chi connectivity index (χ0n) is 7.80. The van der Waals surface area contributed by atoms with Crippen LogP contribution in [0.1, 0.15) is 39.5 Å². The molecule has 0 spiro atoms. The minimum atomic E-state index is -0.790. The molecule has 0 aromatic carbocycles. The molecular formula is C9H17NO2. The van der Waals surface area contributed by atoms with Crippen molar-refractivity contribution in [3.63, 3.8) is 0 Å². The van der Waals surface area contributed by atoms with E-state index in [1.54, 1.807) is 0 Å². The summed E-state index contributed by atoms with van der Waals surface area (Å²) in [6, 6.07) is 0. The van der Waals surface area contributed by atoms with Crippen molar-refractivity contribution < 1.29 is 9.59 Å². The van der Waals surface area contributed by atoms with Crippen molar-refractivity contribution in [2.24, 2.45) is 11.7 Å². The maximum Gasteiger partial charge on any atom is 0.285 e. The summed E-state index contributed by atoms with van der Waals surface area (Å²) in [6.07, 6.45) is 3.39. The van der Waals surface area contributed by atoms with Gasteiger partial charge in [-0.2, -0.15) is 0 Å². The third-order valence-corrected chi connectivity index (χ3v) is 1.89.